The Morgan fingerprint density at radius 2 is 0.530 bits per heavy atom. The van der Waals surface area contributed by atoms with E-state index in [0.717, 1.165) is 43.5 Å². The molecule has 66 heavy (non-hydrogen) atoms. The lowest BCUT2D eigenvalue weighted by Crippen LogP contribution is -2.05. The summed E-state index contributed by atoms with van der Waals surface area (Å²) in [6.45, 7) is 11.6. The fraction of sp³-hybridized carbons (Fsp3) is 0.750. The molecule has 374 valence electrons. The summed E-state index contributed by atoms with van der Waals surface area (Å²) in [7, 11) is 0. The predicted octanol–water partition coefficient (Wildman–Crippen LogP) is 22.0. The first kappa shape index (κ1) is 57.8. The topological polar surface area (TPSA) is 25.3 Å². The van der Waals surface area contributed by atoms with Gasteiger partial charge in [-0.3, -0.25) is 0 Å². The smallest absolute Gasteiger partial charge is 0.210 e. The van der Waals surface area contributed by atoms with Gasteiger partial charge in [0.25, 0.3) is 0 Å². The molecule has 0 amide bonds. The Morgan fingerprint density at radius 1 is 0.288 bits per heavy atom. The van der Waals surface area contributed by atoms with E-state index < -0.39 is 0 Å². The first-order chi connectivity index (χ1) is 32.5. The van der Waals surface area contributed by atoms with Gasteiger partial charge in [-0.1, -0.05) is 259 Å². The predicted molar refractivity (Wildman–Crippen MR) is 295 cm³/mol. The number of unbranched alkanes of at least 4 members (excludes halogenated alkanes) is 33. The van der Waals surface area contributed by atoms with E-state index in [0.29, 0.717) is 0 Å². The third-order valence-electron chi connectivity index (χ3n) is 14.8. The van der Waals surface area contributed by atoms with Crippen molar-refractivity contribution in [3.63, 3.8) is 0 Å². The van der Waals surface area contributed by atoms with E-state index in [1.165, 1.54) is 283 Å². The zero-order chi connectivity index (χ0) is 47.1. The van der Waals surface area contributed by atoms with Gasteiger partial charge in [0.15, 0.2) is 0 Å². The molecule has 0 spiro atoms. The Hall–Kier alpha value is -2.48. The third kappa shape index (κ3) is 25.8. The number of aryl methyl sites for hydroxylation is 4. The Balaban J connectivity index is 1.89. The highest BCUT2D eigenvalue weighted by atomic mass is 15.2. The molecule has 0 saturated carbocycles. The highest BCUT2D eigenvalue weighted by Crippen LogP contribution is 2.39. The molecule has 3 rings (SSSR count). The van der Waals surface area contributed by atoms with Crippen LogP contribution in [0.15, 0.2) is 48.0 Å². The molecule has 0 aromatic heterocycles. The second-order valence-electron chi connectivity index (χ2n) is 21.2. The van der Waals surface area contributed by atoms with E-state index in [4.69, 9.17) is 0 Å². The van der Waals surface area contributed by atoms with Gasteiger partial charge in [0.05, 0.1) is 0 Å². The zero-order valence-corrected chi connectivity index (χ0v) is 44.8. The molecule has 2 heteroatoms. The number of hydrogen-bond acceptors (Lipinski definition) is 0. The average Bonchev–Trinajstić information content (AvgIpc) is 3.66. The molecular weight excluding hydrogens is 797 g/mol. The van der Waals surface area contributed by atoms with Gasteiger partial charge in [-0.05, 0) is 111 Å². The Labute approximate surface area is 412 Å². The van der Waals surface area contributed by atoms with Crippen molar-refractivity contribution in [2.45, 2.75) is 311 Å². The maximum atomic E-state index is 12.6. The van der Waals surface area contributed by atoms with Gasteiger partial charge < -0.3 is 5.53 Å². The lowest BCUT2D eigenvalue weighted by atomic mass is 9.94. The molecule has 0 saturated heterocycles. The first-order valence-corrected chi connectivity index (χ1v) is 29.7. The summed E-state index contributed by atoms with van der Waals surface area (Å²) in [4.78, 5) is 0. The second-order valence-corrected chi connectivity index (χ2v) is 21.2. The summed E-state index contributed by atoms with van der Waals surface area (Å²) in [6, 6.07) is 14.9. The molecule has 0 radical (unpaired) electrons. The maximum Gasteiger partial charge on any atom is 0.210 e. The van der Waals surface area contributed by atoms with Crippen LogP contribution in [0.4, 0.5) is 0 Å². The Morgan fingerprint density at radius 3 is 0.818 bits per heavy atom. The summed E-state index contributed by atoms with van der Waals surface area (Å²) < 4.78 is 1.65. The highest BCUT2D eigenvalue weighted by Gasteiger charge is 2.30. The van der Waals surface area contributed by atoms with E-state index in [2.05, 4.69) is 77.1 Å². The van der Waals surface area contributed by atoms with Gasteiger partial charge >= 0.3 is 0 Å². The summed E-state index contributed by atoms with van der Waals surface area (Å²) in [5.74, 6) is 0. The van der Waals surface area contributed by atoms with Crippen LogP contribution >= 0.6 is 0 Å². The minimum atomic E-state index is 0.999. The fourth-order valence-corrected chi connectivity index (χ4v) is 10.6. The van der Waals surface area contributed by atoms with E-state index in [1.54, 1.807) is 4.70 Å². The largest absolute Gasteiger partial charge is 0.493 e. The maximum absolute atomic E-state index is 12.6. The van der Waals surface area contributed by atoms with Crippen LogP contribution in [0.25, 0.3) is 16.9 Å². The number of hydrogen-bond donors (Lipinski definition) is 0. The van der Waals surface area contributed by atoms with Gasteiger partial charge in [0, 0.05) is 22.8 Å². The van der Waals surface area contributed by atoms with Crippen LogP contribution in [0.2, 0.25) is 0 Å². The average molecular weight is 906 g/mol. The van der Waals surface area contributed by atoms with Crippen molar-refractivity contribution < 1.29 is 4.70 Å². The van der Waals surface area contributed by atoms with E-state index >= 15 is 0 Å². The van der Waals surface area contributed by atoms with Crippen LogP contribution in [-0.4, -0.2) is 4.70 Å². The number of allylic oxidation sites excluding steroid dienone is 2. The molecule has 0 N–H and O–H groups in total. The van der Waals surface area contributed by atoms with Crippen molar-refractivity contribution in [1.82, 2.24) is 0 Å². The molecule has 2 aromatic carbocycles. The van der Waals surface area contributed by atoms with Crippen molar-refractivity contribution in [3.8, 4) is 0 Å². The van der Waals surface area contributed by atoms with Crippen molar-refractivity contribution in [1.29, 1.82) is 0 Å². The summed E-state index contributed by atoms with van der Waals surface area (Å²) in [5.41, 5.74) is 24.3. The molecular formula is C64H108N2. The van der Waals surface area contributed by atoms with Crippen LogP contribution in [0.3, 0.4) is 0 Å². The van der Waals surface area contributed by atoms with Crippen LogP contribution in [0.1, 0.15) is 318 Å². The molecule has 0 fully saturated rings. The van der Waals surface area contributed by atoms with Crippen molar-refractivity contribution in [2.24, 2.45) is 0 Å². The van der Waals surface area contributed by atoms with Crippen LogP contribution in [-0.2, 0) is 25.7 Å². The number of nitrogens with zero attached hydrogens (tertiary/aromatic N) is 2. The molecule has 0 bridgehead atoms. The number of benzene rings is 2. The second kappa shape index (κ2) is 39.4. The quantitative estimate of drug-likeness (QED) is 0.0467. The minimum absolute atomic E-state index is 0.999. The molecule has 0 unspecified atom stereocenters. The molecule has 2 nitrogen and oxygen atoms in total. The molecule has 1 aliphatic rings. The monoisotopic (exact) mass is 905 g/mol. The third-order valence-corrected chi connectivity index (χ3v) is 14.8. The van der Waals surface area contributed by atoms with Crippen LogP contribution in [0.5, 0.6) is 0 Å². The van der Waals surface area contributed by atoms with Crippen LogP contribution in [0, 0.1) is 0 Å². The van der Waals surface area contributed by atoms with Crippen LogP contribution < -0.4 is 0 Å². The van der Waals surface area contributed by atoms with Gasteiger partial charge in [-0.15, -0.1) is 0 Å². The number of rotatable bonds is 45. The normalized spacial score (nSPS) is 12.9. The van der Waals surface area contributed by atoms with E-state index in [9.17, 15) is 5.53 Å². The Kier molecular flexibility index (Phi) is 34.5. The first-order valence-electron chi connectivity index (χ1n) is 29.7. The molecule has 0 atom stereocenters. The summed E-state index contributed by atoms with van der Waals surface area (Å²) in [6.07, 6.45) is 59.0. The Bertz CT molecular complexity index is 1500. The SMILES string of the molecule is CCCCCCCCCCc1cc(CCCCCCCCCC)cc(C2=CC(CCCCCCCC)=C(c3cc(CCCCCCCCCC)cc(CCCCCCCCCC)c3)[N+]2=[N-])c1. The van der Waals surface area contributed by atoms with Crippen molar-refractivity contribution in [3.05, 3.63) is 87.0 Å². The molecule has 1 aliphatic heterocycles. The molecule has 2 aromatic rings. The standard InChI is InChI=1S/C64H108N2/c1-6-11-16-21-26-30-34-39-44-56-49-57(45-40-35-31-27-22-17-12-7-2)52-61(51-56)63-55-60(48-43-38-25-20-15-10-5)64(66(63)65)62-53-58(46-41-36-32-28-23-18-13-8-3)50-59(54-62)47-42-37-33-29-24-19-14-9-4/h49-55H,6-48H2,1-5H3. The molecule has 0 aliphatic carbocycles. The van der Waals surface area contributed by atoms with E-state index in [-0.39, 0.29) is 0 Å². The van der Waals surface area contributed by atoms with Gasteiger partial charge in [0.2, 0.25) is 11.4 Å². The van der Waals surface area contributed by atoms with Crippen molar-refractivity contribution in [2.75, 3.05) is 0 Å². The molecule has 1 heterocycles. The van der Waals surface area contributed by atoms with Crippen molar-refractivity contribution >= 4 is 11.4 Å². The van der Waals surface area contributed by atoms with Gasteiger partial charge in [-0.2, -0.15) is 0 Å². The lowest BCUT2D eigenvalue weighted by Gasteiger charge is -2.15. The van der Waals surface area contributed by atoms with Gasteiger partial charge in [-0.25, -0.2) is 4.70 Å². The zero-order valence-electron chi connectivity index (χ0n) is 44.8. The highest BCUT2D eigenvalue weighted by molar-refractivity contribution is 5.79. The lowest BCUT2D eigenvalue weighted by molar-refractivity contribution is -0.344. The summed E-state index contributed by atoms with van der Waals surface area (Å²) in [5, 5.41) is 0. The fourth-order valence-electron chi connectivity index (χ4n) is 10.6. The van der Waals surface area contributed by atoms with E-state index in [1.807, 2.05) is 0 Å². The minimum Gasteiger partial charge on any atom is -0.493 e. The summed E-state index contributed by atoms with van der Waals surface area (Å²) >= 11 is 0. The van der Waals surface area contributed by atoms with Gasteiger partial charge in [0.1, 0.15) is 0 Å².